The number of fused-ring (bicyclic) bond motifs is 1. The van der Waals surface area contributed by atoms with Gasteiger partial charge >= 0.3 is 24.6 Å². The summed E-state index contributed by atoms with van der Waals surface area (Å²) in [7, 11) is 0. The van der Waals surface area contributed by atoms with Crippen molar-refractivity contribution in [2.75, 3.05) is 16.8 Å². The summed E-state index contributed by atoms with van der Waals surface area (Å²) in [4.78, 5) is 22.5. The summed E-state index contributed by atoms with van der Waals surface area (Å²) in [5.74, 6) is -0.115. The maximum absolute atomic E-state index is 13.6. The number of alkyl halides is 9. The molecule has 0 fully saturated rings. The third kappa shape index (κ3) is 7.48. The van der Waals surface area contributed by atoms with Crippen molar-refractivity contribution in [3.63, 3.8) is 0 Å². The average molecular weight is 746 g/mol. The van der Waals surface area contributed by atoms with Crippen LogP contribution in [0.1, 0.15) is 66.2 Å². The summed E-state index contributed by atoms with van der Waals surface area (Å²) in [6.07, 6.45) is -14.1. The summed E-state index contributed by atoms with van der Waals surface area (Å²) in [6.45, 7) is 3.42. The van der Waals surface area contributed by atoms with Crippen LogP contribution in [0.25, 0.3) is 0 Å². The molecule has 2 atom stereocenters. The van der Waals surface area contributed by atoms with Gasteiger partial charge in [0.05, 0.1) is 44.3 Å². The second-order valence-electron chi connectivity index (χ2n) is 9.91. The van der Waals surface area contributed by atoms with Gasteiger partial charge in [0.1, 0.15) is 0 Å². The number of carbonyl (C=O) groups is 1. The van der Waals surface area contributed by atoms with Gasteiger partial charge in [0.25, 0.3) is 0 Å². The van der Waals surface area contributed by atoms with E-state index in [0.717, 1.165) is 12.1 Å². The van der Waals surface area contributed by atoms with Crippen molar-refractivity contribution in [3.8, 4) is 0 Å². The lowest BCUT2D eigenvalue weighted by atomic mass is 9.89. The van der Waals surface area contributed by atoms with Crippen LogP contribution in [-0.2, 0) is 29.7 Å². The fourth-order valence-electron chi connectivity index (χ4n) is 4.92. The Morgan fingerprint density at radius 3 is 2.11 bits per heavy atom. The fourth-order valence-corrected chi connectivity index (χ4v) is 5.37. The zero-order valence-corrected chi connectivity index (χ0v) is 25.1. The molecule has 0 saturated heterocycles. The molecule has 2 heterocycles. The number of amides is 1. The van der Waals surface area contributed by atoms with Crippen molar-refractivity contribution >= 4 is 40.3 Å². The lowest BCUT2D eigenvalue weighted by Crippen LogP contribution is -2.46. The number of hydrogen-bond donors (Lipinski definition) is 1. The molecular formula is C28H24F9IN4O2. The molecule has 1 aliphatic heterocycles. The average Bonchev–Trinajstić information content (AvgIpc) is 2.92. The van der Waals surface area contributed by atoms with E-state index in [1.54, 1.807) is 36.4 Å². The van der Waals surface area contributed by atoms with Crippen LogP contribution in [0.15, 0.2) is 42.6 Å². The highest BCUT2D eigenvalue weighted by Gasteiger charge is 2.40. The van der Waals surface area contributed by atoms with Crippen LogP contribution in [0, 0.1) is 3.57 Å². The number of carbonyl (C=O) groups excluding carboxylic acids is 1. The topological polar surface area (TPSA) is 67.3 Å². The predicted molar refractivity (Wildman–Crippen MR) is 150 cm³/mol. The Hall–Kier alpha value is -3.31. The molecule has 1 N–H and O–H groups in total. The lowest BCUT2D eigenvalue weighted by Gasteiger charge is -2.40. The summed E-state index contributed by atoms with van der Waals surface area (Å²) >= 11 is 1.78. The largest absolute Gasteiger partial charge is 0.449 e. The monoisotopic (exact) mass is 746 g/mol. The molecule has 0 spiro atoms. The molecule has 3 aromatic rings. The van der Waals surface area contributed by atoms with Crippen LogP contribution >= 0.6 is 22.6 Å². The minimum Gasteiger partial charge on any atom is -0.449 e. The van der Waals surface area contributed by atoms with E-state index in [0.29, 0.717) is 22.1 Å². The van der Waals surface area contributed by atoms with Crippen LogP contribution < -0.4 is 10.2 Å². The highest BCUT2D eigenvalue weighted by Crippen LogP contribution is 2.43. The van der Waals surface area contributed by atoms with Gasteiger partial charge in [0.2, 0.25) is 5.95 Å². The first-order chi connectivity index (χ1) is 20.4. The number of rotatable bonds is 6. The molecule has 44 heavy (non-hydrogen) atoms. The van der Waals surface area contributed by atoms with Crippen molar-refractivity contribution in [1.82, 2.24) is 9.97 Å². The lowest BCUT2D eigenvalue weighted by molar-refractivity contribution is -0.143. The molecular weight excluding hydrogens is 722 g/mol. The van der Waals surface area contributed by atoms with Crippen LogP contribution in [0.3, 0.4) is 0 Å². The van der Waals surface area contributed by atoms with Crippen molar-refractivity contribution in [2.24, 2.45) is 0 Å². The second kappa shape index (κ2) is 12.6. The van der Waals surface area contributed by atoms with Crippen molar-refractivity contribution in [1.29, 1.82) is 0 Å². The van der Waals surface area contributed by atoms with Crippen LogP contribution in [-0.4, -0.2) is 28.7 Å². The predicted octanol–water partition coefficient (Wildman–Crippen LogP) is 9.03. The Bertz CT molecular complexity index is 1490. The van der Waals surface area contributed by atoms with Crippen LogP contribution in [0.4, 0.5) is 55.9 Å². The van der Waals surface area contributed by atoms with Crippen molar-refractivity contribution < 1.29 is 49.0 Å². The third-order valence-corrected chi connectivity index (χ3v) is 7.84. The standard InChI is InChI=1S/C28H24F9IN4O2/c1-3-18-12-21(19-11-15(26(29,30)31)5-6-23(19)42(18)25(43)44-4-2)40-24-39-13-20(38)22(41-24)9-14-7-16(27(32,33)34)10-17(8-14)28(35,36)37/h5-8,10-11,13,18,21H,3-4,9,12H2,1-2H3,(H,39,40,41)/t18-,21+/m1/s1. The van der Waals surface area contributed by atoms with Gasteiger partial charge in [-0.2, -0.15) is 39.5 Å². The number of ether oxygens (including phenoxy) is 1. The maximum atomic E-state index is 13.6. The minimum atomic E-state index is -5.03. The SMILES string of the molecule is CCOC(=O)N1c2ccc(C(F)(F)F)cc2[C@@H](Nc2ncc(I)c(Cc3cc(C(F)(F)F)cc(C(F)(F)F)c3)n2)C[C@H]1CC. The highest BCUT2D eigenvalue weighted by molar-refractivity contribution is 14.1. The molecule has 2 aromatic carbocycles. The first-order valence-electron chi connectivity index (χ1n) is 13.2. The normalized spacial score (nSPS) is 17.3. The minimum absolute atomic E-state index is 0.0287. The van der Waals surface area contributed by atoms with Gasteiger partial charge in [0.15, 0.2) is 0 Å². The summed E-state index contributed by atoms with van der Waals surface area (Å²) in [6, 6.07) is 2.83. The number of anilines is 2. The van der Waals surface area contributed by atoms with E-state index in [-0.39, 0.29) is 47.6 Å². The Morgan fingerprint density at radius 1 is 0.955 bits per heavy atom. The zero-order valence-electron chi connectivity index (χ0n) is 23.0. The number of benzene rings is 2. The Balaban J connectivity index is 1.73. The zero-order chi connectivity index (χ0) is 32.6. The number of nitrogens with one attached hydrogen (secondary N) is 1. The molecule has 16 heteroatoms. The first-order valence-corrected chi connectivity index (χ1v) is 14.2. The van der Waals surface area contributed by atoms with Crippen LogP contribution in [0.5, 0.6) is 0 Å². The molecule has 1 aromatic heterocycles. The van der Waals surface area contributed by atoms with Crippen molar-refractivity contribution in [3.05, 3.63) is 79.7 Å². The summed E-state index contributed by atoms with van der Waals surface area (Å²) in [5.41, 5.74) is -3.83. The molecule has 238 valence electrons. The van der Waals surface area contributed by atoms with Crippen LogP contribution in [0.2, 0.25) is 0 Å². The maximum Gasteiger partial charge on any atom is 0.416 e. The Labute approximate surface area is 259 Å². The highest BCUT2D eigenvalue weighted by atomic mass is 127. The van der Waals surface area contributed by atoms with Gasteiger partial charge in [0, 0.05) is 18.7 Å². The molecule has 1 aliphatic rings. The molecule has 6 nitrogen and oxygen atoms in total. The molecule has 0 radical (unpaired) electrons. The van der Waals surface area contributed by atoms with E-state index in [4.69, 9.17) is 4.74 Å². The van der Waals surface area contributed by atoms with Gasteiger partial charge in [-0.3, -0.25) is 4.90 Å². The second-order valence-corrected chi connectivity index (χ2v) is 11.1. The molecule has 0 saturated carbocycles. The molecule has 1 amide bonds. The molecule has 0 aliphatic carbocycles. The van der Waals surface area contributed by atoms with Gasteiger partial charge in [-0.1, -0.05) is 6.92 Å². The number of aromatic nitrogens is 2. The Morgan fingerprint density at radius 2 is 1.57 bits per heavy atom. The third-order valence-electron chi connectivity index (χ3n) is 6.94. The summed E-state index contributed by atoms with van der Waals surface area (Å²) < 4.78 is 127. The van der Waals surface area contributed by atoms with Gasteiger partial charge in [-0.15, -0.1) is 0 Å². The molecule has 0 unspecified atom stereocenters. The fraction of sp³-hybridized carbons (Fsp3) is 0.393. The van der Waals surface area contributed by atoms with E-state index < -0.39 is 59.8 Å². The van der Waals surface area contributed by atoms with Gasteiger partial charge < -0.3 is 10.1 Å². The molecule has 0 bridgehead atoms. The van der Waals surface area contributed by atoms with E-state index >= 15 is 0 Å². The quantitative estimate of drug-likeness (QED) is 0.202. The van der Waals surface area contributed by atoms with E-state index in [2.05, 4.69) is 15.3 Å². The van der Waals surface area contributed by atoms with Gasteiger partial charge in [-0.05, 0) is 89.9 Å². The van der Waals surface area contributed by atoms with Gasteiger partial charge in [-0.25, -0.2) is 14.8 Å². The first kappa shape index (κ1) is 33.6. The number of nitrogens with zero attached hydrogens (tertiary/aromatic N) is 3. The number of hydrogen-bond acceptors (Lipinski definition) is 5. The number of halogens is 10. The smallest absolute Gasteiger partial charge is 0.416 e. The summed E-state index contributed by atoms with van der Waals surface area (Å²) in [5, 5.41) is 2.96. The Kier molecular flexibility index (Phi) is 9.61. The van der Waals surface area contributed by atoms with Crippen molar-refractivity contribution in [2.45, 2.75) is 63.7 Å². The molecule has 4 rings (SSSR count). The van der Waals surface area contributed by atoms with E-state index in [1.807, 2.05) is 0 Å². The van der Waals surface area contributed by atoms with E-state index in [1.165, 1.54) is 17.2 Å². The van der Waals surface area contributed by atoms with E-state index in [9.17, 15) is 44.3 Å².